The SMILES string of the molecule is C[C@@H]1O[C@@H](O[C@H]2[C@H](O[C@H]3[C@H](O[C@@H]4O[C@@H](C)[C@@H](O)[C@@H](O)[C@@H]4O)[C@@H](N)C(NNC(=O)CCCCC(=O)NN)O[C@@H]3CO)O[C@H](CO)[C@H](O)[C@@H]2O)[C@@H](O)[C@H](O)[C@@H]1O. The Kier molecular flexibility index (Phi) is 16.6. The number of nitrogens with two attached hydrogens (primary N) is 2. The van der Waals surface area contributed by atoms with E-state index in [1.165, 1.54) is 13.8 Å². The molecule has 4 saturated heterocycles. The van der Waals surface area contributed by atoms with Crippen molar-refractivity contribution in [3.63, 3.8) is 0 Å². The van der Waals surface area contributed by atoms with Crippen molar-refractivity contribution in [1.82, 2.24) is 16.3 Å². The van der Waals surface area contributed by atoms with Gasteiger partial charge in [-0.15, -0.1) is 0 Å². The fourth-order valence-corrected chi connectivity index (χ4v) is 6.45. The molecular weight excluding hydrogens is 734 g/mol. The van der Waals surface area contributed by atoms with Crippen molar-refractivity contribution in [1.29, 1.82) is 0 Å². The van der Waals surface area contributed by atoms with Gasteiger partial charge in [0.15, 0.2) is 18.9 Å². The van der Waals surface area contributed by atoms with Gasteiger partial charge in [-0.05, 0) is 26.7 Å². The molecule has 0 saturated carbocycles. The van der Waals surface area contributed by atoms with Crippen LogP contribution in [0.4, 0.5) is 0 Å². The molecule has 20 atom stereocenters. The van der Waals surface area contributed by atoms with Gasteiger partial charge < -0.3 is 90.0 Å². The number of amides is 2. The minimum atomic E-state index is -1.92. The highest BCUT2D eigenvalue weighted by atomic mass is 16.8. The highest BCUT2D eigenvalue weighted by Crippen LogP contribution is 2.34. The maximum Gasteiger partial charge on any atom is 0.234 e. The first-order valence-electron chi connectivity index (χ1n) is 17.6. The molecule has 0 aromatic carbocycles. The average molecular weight is 790 g/mol. The molecule has 4 aliphatic heterocycles. The van der Waals surface area contributed by atoms with Crippen LogP contribution in [0.15, 0.2) is 0 Å². The van der Waals surface area contributed by atoms with Crippen LogP contribution in [0, 0.1) is 0 Å². The molecule has 4 aliphatic rings. The largest absolute Gasteiger partial charge is 0.394 e. The second-order valence-electron chi connectivity index (χ2n) is 13.7. The molecule has 0 bridgehead atoms. The van der Waals surface area contributed by atoms with Crippen molar-refractivity contribution in [2.24, 2.45) is 11.6 Å². The zero-order valence-corrected chi connectivity index (χ0v) is 29.6. The summed E-state index contributed by atoms with van der Waals surface area (Å²) in [6.45, 7) is 1.09. The molecule has 17 N–H and O–H groups in total. The molecule has 2 amide bonds. The van der Waals surface area contributed by atoms with E-state index in [9.17, 15) is 60.7 Å². The third-order valence-corrected chi connectivity index (χ3v) is 9.81. The average Bonchev–Trinajstić information content (AvgIpc) is 3.15. The first kappa shape index (κ1) is 44.8. The van der Waals surface area contributed by atoms with Gasteiger partial charge in [-0.1, -0.05) is 0 Å². The van der Waals surface area contributed by atoms with Gasteiger partial charge in [-0.2, -0.15) is 0 Å². The van der Waals surface area contributed by atoms with Gasteiger partial charge in [0.2, 0.25) is 11.8 Å². The number of rotatable bonds is 15. The van der Waals surface area contributed by atoms with Gasteiger partial charge in [0.1, 0.15) is 85.6 Å². The third-order valence-electron chi connectivity index (χ3n) is 9.81. The molecule has 24 nitrogen and oxygen atoms in total. The highest BCUT2D eigenvalue weighted by molar-refractivity contribution is 5.76. The van der Waals surface area contributed by atoms with Crippen LogP contribution in [0.1, 0.15) is 39.5 Å². The van der Waals surface area contributed by atoms with E-state index in [1.807, 2.05) is 5.43 Å². The van der Waals surface area contributed by atoms with Crippen molar-refractivity contribution in [3.8, 4) is 0 Å². The number of aliphatic hydroxyl groups excluding tert-OH is 10. The Morgan fingerprint density at radius 1 is 0.593 bits per heavy atom. The van der Waals surface area contributed by atoms with Crippen molar-refractivity contribution in [2.75, 3.05) is 13.2 Å². The van der Waals surface area contributed by atoms with Crippen LogP contribution in [-0.2, 0) is 42.7 Å². The molecule has 4 heterocycles. The second kappa shape index (κ2) is 20.0. The minimum absolute atomic E-state index is 0.0309. The Bertz CT molecular complexity index is 1200. The minimum Gasteiger partial charge on any atom is -0.394 e. The van der Waals surface area contributed by atoms with Gasteiger partial charge in [0.05, 0.1) is 31.5 Å². The van der Waals surface area contributed by atoms with Crippen LogP contribution in [-0.4, -0.2) is 199 Å². The van der Waals surface area contributed by atoms with E-state index in [1.54, 1.807) is 0 Å². The Hall–Kier alpha value is -1.86. The van der Waals surface area contributed by atoms with E-state index in [-0.39, 0.29) is 12.8 Å². The summed E-state index contributed by atoms with van der Waals surface area (Å²) >= 11 is 0. The van der Waals surface area contributed by atoms with E-state index < -0.39 is 148 Å². The standard InChI is InChI=1S/C30H55N5O19/c1-9-16(40)19(43)22(46)28(48-9)53-25-15(31)27(35-34-14(39)6-4-3-5-13(38)33-32)50-12(8-37)24(25)52-30-26(21(45)18(42)11(7-36)51-30)54-29-23(47)20(44)17(41)10(2)49-29/h9-12,15-30,35-37,40-47H,3-8,31-32H2,1-2H3,(H,33,38)(H,34,39)/t9-,10-,11+,12+,15+,16+,17+,18-,19+,20+,21-,22-,23-,24+,25+,26+,27?,28-,29-,30-/m0/s1. The first-order valence-corrected chi connectivity index (χ1v) is 17.6. The van der Waals surface area contributed by atoms with Crippen LogP contribution in [0.25, 0.3) is 0 Å². The lowest BCUT2D eigenvalue weighted by atomic mass is 9.94. The normalized spacial score (nSPS) is 45.8. The fourth-order valence-electron chi connectivity index (χ4n) is 6.45. The number of hydrazine groups is 2. The van der Waals surface area contributed by atoms with Crippen LogP contribution >= 0.6 is 0 Å². The van der Waals surface area contributed by atoms with E-state index in [0.29, 0.717) is 12.8 Å². The summed E-state index contributed by atoms with van der Waals surface area (Å²) in [5.41, 5.74) is 13.6. The van der Waals surface area contributed by atoms with Gasteiger partial charge in [-0.3, -0.25) is 20.4 Å². The number of hydrogen-bond acceptors (Lipinski definition) is 22. The van der Waals surface area contributed by atoms with E-state index in [2.05, 4.69) is 10.9 Å². The maximum absolute atomic E-state index is 12.6. The van der Waals surface area contributed by atoms with E-state index in [4.69, 9.17) is 44.7 Å². The lowest BCUT2D eigenvalue weighted by Crippen LogP contribution is -2.71. The van der Waals surface area contributed by atoms with Crippen molar-refractivity contribution in [2.45, 2.75) is 162 Å². The molecule has 0 aliphatic carbocycles. The monoisotopic (exact) mass is 789 g/mol. The summed E-state index contributed by atoms with van der Waals surface area (Å²) in [5, 5.41) is 105. The van der Waals surface area contributed by atoms with E-state index in [0.717, 1.165) is 0 Å². The topological polar surface area (TPSA) is 389 Å². The summed E-state index contributed by atoms with van der Waals surface area (Å²) in [6.07, 6.45) is -29.8. The van der Waals surface area contributed by atoms with Crippen LogP contribution < -0.4 is 27.9 Å². The Balaban J connectivity index is 1.59. The van der Waals surface area contributed by atoms with E-state index >= 15 is 0 Å². The zero-order chi connectivity index (χ0) is 40.0. The molecule has 4 fully saturated rings. The quantitative estimate of drug-likeness (QED) is 0.0317. The number of carbonyl (C=O) groups excluding carboxylic acids is 2. The second-order valence-corrected chi connectivity index (χ2v) is 13.7. The molecule has 314 valence electrons. The van der Waals surface area contributed by atoms with Crippen LogP contribution in [0.2, 0.25) is 0 Å². The van der Waals surface area contributed by atoms with Crippen molar-refractivity contribution >= 4 is 11.8 Å². The van der Waals surface area contributed by atoms with Crippen molar-refractivity contribution < 1.29 is 93.8 Å². The Morgan fingerprint density at radius 2 is 1.09 bits per heavy atom. The fraction of sp³-hybridized carbons (Fsp3) is 0.933. The molecule has 0 aromatic heterocycles. The number of carbonyl (C=O) groups is 2. The number of aliphatic hydroxyl groups is 10. The molecule has 24 heteroatoms. The lowest BCUT2D eigenvalue weighted by molar-refractivity contribution is -0.386. The summed E-state index contributed by atoms with van der Waals surface area (Å²) < 4.78 is 40.8. The Morgan fingerprint density at radius 3 is 1.61 bits per heavy atom. The summed E-state index contributed by atoms with van der Waals surface area (Å²) in [4.78, 5) is 23.9. The number of unbranched alkanes of at least 4 members (excludes halogenated alkanes) is 1. The van der Waals surface area contributed by atoms with Gasteiger partial charge in [-0.25, -0.2) is 11.3 Å². The Labute approximate surface area is 309 Å². The molecule has 0 spiro atoms. The molecular formula is C30H55N5O19. The molecule has 0 aromatic rings. The molecule has 54 heavy (non-hydrogen) atoms. The summed E-state index contributed by atoms with van der Waals surface area (Å²) in [6, 6.07) is -1.39. The third kappa shape index (κ3) is 10.4. The molecule has 0 radical (unpaired) electrons. The van der Waals surface area contributed by atoms with Gasteiger partial charge >= 0.3 is 0 Å². The summed E-state index contributed by atoms with van der Waals surface area (Å²) in [7, 11) is 0. The first-order chi connectivity index (χ1) is 25.5. The van der Waals surface area contributed by atoms with Crippen LogP contribution in [0.5, 0.6) is 0 Å². The highest BCUT2D eigenvalue weighted by Gasteiger charge is 2.55. The summed E-state index contributed by atoms with van der Waals surface area (Å²) in [5.74, 6) is 4.11. The molecule has 4 rings (SSSR count). The van der Waals surface area contributed by atoms with Crippen LogP contribution in [0.3, 0.4) is 0 Å². The lowest BCUT2D eigenvalue weighted by Gasteiger charge is -2.50. The zero-order valence-electron chi connectivity index (χ0n) is 29.6. The van der Waals surface area contributed by atoms with Gasteiger partial charge in [0.25, 0.3) is 0 Å². The number of ether oxygens (including phenoxy) is 7. The molecule has 1 unspecified atom stereocenters. The predicted octanol–water partition coefficient (Wildman–Crippen LogP) is -8.55. The number of nitrogens with one attached hydrogen (secondary N) is 3. The maximum atomic E-state index is 12.6. The van der Waals surface area contributed by atoms with Crippen molar-refractivity contribution in [3.05, 3.63) is 0 Å². The predicted molar refractivity (Wildman–Crippen MR) is 173 cm³/mol. The van der Waals surface area contributed by atoms with Gasteiger partial charge in [0, 0.05) is 12.8 Å². The smallest absolute Gasteiger partial charge is 0.234 e. The number of hydrogen-bond donors (Lipinski definition) is 15.